The number of hydrogen-bond acceptors (Lipinski definition) is 6. The fraction of sp³-hybridized carbons (Fsp3) is 0.545. The Labute approximate surface area is 111 Å². The molecule has 1 aromatic rings. The summed E-state index contributed by atoms with van der Waals surface area (Å²) in [5.74, 6) is -0.810. The minimum atomic E-state index is -3.67. The maximum absolute atomic E-state index is 12.3. The zero-order valence-corrected chi connectivity index (χ0v) is 11.6. The predicted octanol–water partition coefficient (Wildman–Crippen LogP) is 0.00230. The molecule has 106 valence electrons. The number of likely N-dealkylation sites (N-methyl/N-ethyl adjacent to an activating group) is 1. The van der Waals surface area contributed by atoms with Crippen molar-refractivity contribution in [1.29, 1.82) is 0 Å². The standard InChI is InChI=1S/C11H16N2O5S/c1-12-5-7-13(8-6-12)19(15,16)10-4-3-9(18-10)11(14)17-2/h3-4H,5-8H2,1-2H3. The molecule has 1 aliphatic heterocycles. The Kier molecular flexibility index (Phi) is 3.93. The number of carbonyl (C=O) groups excluding carboxylic acids is 1. The molecule has 0 spiro atoms. The average molecular weight is 288 g/mol. The SMILES string of the molecule is COC(=O)c1ccc(S(=O)(=O)N2CCN(C)CC2)o1. The minimum Gasteiger partial charge on any atom is -0.463 e. The average Bonchev–Trinajstić information content (AvgIpc) is 2.88. The third-order valence-electron chi connectivity index (χ3n) is 3.02. The van der Waals surface area contributed by atoms with Crippen molar-refractivity contribution in [2.45, 2.75) is 5.09 Å². The molecule has 2 rings (SSSR count). The van der Waals surface area contributed by atoms with Crippen LogP contribution in [0, 0.1) is 0 Å². The van der Waals surface area contributed by atoms with Gasteiger partial charge in [-0.1, -0.05) is 0 Å². The van der Waals surface area contributed by atoms with Crippen LogP contribution in [0.5, 0.6) is 0 Å². The van der Waals surface area contributed by atoms with E-state index in [4.69, 9.17) is 4.42 Å². The zero-order chi connectivity index (χ0) is 14.0. The largest absolute Gasteiger partial charge is 0.463 e. The molecule has 0 N–H and O–H groups in total. The molecule has 19 heavy (non-hydrogen) atoms. The molecule has 0 bridgehead atoms. The summed E-state index contributed by atoms with van der Waals surface area (Å²) >= 11 is 0. The predicted molar refractivity (Wildman–Crippen MR) is 66.3 cm³/mol. The lowest BCUT2D eigenvalue weighted by Crippen LogP contribution is -2.46. The fourth-order valence-electron chi connectivity index (χ4n) is 1.82. The molecule has 1 aliphatic rings. The number of methoxy groups -OCH3 is 1. The van der Waals surface area contributed by atoms with Crippen LogP contribution >= 0.6 is 0 Å². The molecule has 0 aliphatic carbocycles. The van der Waals surface area contributed by atoms with Crippen molar-refractivity contribution in [2.24, 2.45) is 0 Å². The van der Waals surface area contributed by atoms with Gasteiger partial charge in [0, 0.05) is 26.2 Å². The van der Waals surface area contributed by atoms with Crippen LogP contribution in [-0.2, 0) is 14.8 Å². The summed E-state index contributed by atoms with van der Waals surface area (Å²) in [6.07, 6.45) is 0. The number of ether oxygens (including phenoxy) is 1. The zero-order valence-electron chi connectivity index (χ0n) is 10.8. The summed E-state index contributed by atoms with van der Waals surface area (Å²) in [6, 6.07) is 2.58. The van der Waals surface area contributed by atoms with Gasteiger partial charge in [0.1, 0.15) is 0 Å². The van der Waals surface area contributed by atoms with Gasteiger partial charge in [-0.05, 0) is 19.2 Å². The van der Waals surface area contributed by atoms with Gasteiger partial charge < -0.3 is 14.1 Å². The first-order chi connectivity index (χ1) is 8.95. The number of rotatable bonds is 3. The first kappa shape index (κ1) is 14.0. The van der Waals surface area contributed by atoms with Crippen molar-refractivity contribution in [2.75, 3.05) is 40.3 Å². The third-order valence-corrected chi connectivity index (χ3v) is 4.80. The highest BCUT2D eigenvalue weighted by Crippen LogP contribution is 2.20. The summed E-state index contributed by atoms with van der Waals surface area (Å²) in [6.45, 7) is 2.16. The van der Waals surface area contributed by atoms with E-state index in [-0.39, 0.29) is 10.9 Å². The van der Waals surface area contributed by atoms with Crippen LogP contribution in [0.25, 0.3) is 0 Å². The van der Waals surface area contributed by atoms with Gasteiger partial charge in [0.25, 0.3) is 10.0 Å². The van der Waals surface area contributed by atoms with E-state index in [1.807, 2.05) is 11.9 Å². The van der Waals surface area contributed by atoms with Gasteiger partial charge in [0.15, 0.2) is 0 Å². The van der Waals surface area contributed by atoms with Gasteiger partial charge in [0.2, 0.25) is 10.9 Å². The molecule has 2 heterocycles. The van der Waals surface area contributed by atoms with Gasteiger partial charge in [0.05, 0.1) is 7.11 Å². The van der Waals surface area contributed by atoms with Gasteiger partial charge in [-0.2, -0.15) is 4.31 Å². The lowest BCUT2D eigenvalue weighted by Gasteiger charge is -2.30. The number of piperazine rings is 1. The van der Waals surface area contributed by atoms with Crippen molar-refractivity contribution >= 4 is 16.0 Å². The summed E-state index contributed by atoms with van der Waals surface area (Å²) < 4.78 is 35.5. The third kappa shape index (κ3) is 2.80. The van der Waals surface area contributed by atoms with E-state index in [0.29, 0.717) is 26.2 Å². The highest BCUT2D eigenvalue weighted by atomic mass is 32.2. The Hall–Kier alpha value is -1.38. The van der Waals surface area contributed by atoms with Crippen molar-refractivity contribution < 1.29 is 22.4 Å². The maximum Gasteiger partial charge on any atom is 0.374 e. The number of carbonyl (C=O) groups is 1. The highest BCUT2D eigenvalue weighted by Gasteiger charge is 2.30. The number of esters is 1. The van der Waals surface area contributed by atoms with Gasteiger partial charge in [-0.15, -0.1) is 0 Å². The van der Waals surface area contributed by atoms with E-state index in [9.17, 15) is 13.2 Å². The second kappa shape index (κ2) is 5.32. The molecule has 1 fully saturated rings. The molecule has 0 radical (unpaired) electrons. The first-order valence-corrected chi connectivity index (χ1v) is 7.26. The Morgan fingerprint density at radius 3 is 2.47 bits per heavy atom. The van der Waals surface area contributed by atoms with E-state index in [2.05, 4.69) is 4.74 Å². The van der Waals surface area contributed by atoms with E-state index in [1.165, 1.54) is 23.5 Å². The summed E-state index contributed by atoms with van der Waals surface area (Å²) in [4.78, 5) is 13.3. The van der Waals surface area contributed by atoms with Crippen LogP contribution in [0.15, 0.2) is 21.6 Å². The molecule has 7 nitrogen and oxygen atoms in total. The van der Waals surface area contributed by atoms with Crippen LogP contribution in [0.3, 0.4) is 0 Å². The summed E-state index contributed by atoms with van der Waals surface area (Å²) in [5, 5.41) is -0.225. The van der Waals surface area contributed by atoms with E-state index >= 15 is 0 Å². The molecule has 1 aromatic heterocycles. The molecular weight excluding hydrogens is 272 g/mol. The molecule has 1 saturated heterocycles. The first-order valence-electron chi connectivity index (χ1n) is 5.82. The number of sulfonamides is 1. The molecule has 0 amide bonds. The summed E-state index contributed by atoms with van der Waals surface area (Å²) in [5.41, 5.74) is 0. The Bertz CT molecular complexity index is 557. The lowest BCUT2D eigenvalue weighted by molar-refractivity contribution is 0.0558. The normalized spacial score (nSPS) is 18.4. The molecule has 0 unspecified atom stereocenters. The number of furan rings is 1. The molecule has 0 atom stereocenters. The molecule has 0 aromatic carbocycles. The van der Waals surface area contributed by atoms with Crippen molar-refractivity contribution in [3.63, 3.8) is 0 Å². The summed E-state index contributed by atoms with van der Waals surface area (Å²) in [7, 11) is -0.530. The quantitative estimate of drug-likeness (QED) is 0.729. The van der Waals surface area contributed by atoms with Gasteiger partial charge in [-0.3, -0.25) is 0 Å². The van der Waals surface area contributed by atoms with Crippen LogP contribution in [0.2, 0.25) is 0 Å². The topological polar surface area (TPSA) is 80.1 Å². The van der Waals surface area contributed by atoms with Crippen molar-refractivity contribution in [3.8, 4) is 0 Å². The van der Waals surface area contributed by atoms with E-state index in [0.717, 1.165) is 0 Å². The molecule has 8 heteroatoms. The fourth-order valence-corrected chi connectivity index (χ4v) is 3.16. The Morgan fingerprint density at radius 2 is 1.89 bits per heavy atom. The Morgan fingerprint density at radius 1 is 1.26 bits per heavy atom. The molecular formula is C11H16N2O5S. The van der Waals surface area contributed by atoms with Crippen LogP contribution < -0.4 is 0 Å². The van der Waals surface area contributed by atoms with Crippen molar-refractivity contribution in [3.05, 3.63) is 17.9 Å². The van der Waals surface area contributed by atoms with Crippen LogP contribution in [0.4, 0.5) is 0 Å². The minimum absolute atomic E-state index is 0.116. The highest BCUT2D eigenvalue weighted by molar-refractivity contribution is 7.89. The second-order valence-electron chi connectivity index (χ2n) is 4.32. The smallest absolute Gasteiger partial charge is 0.374 e. The van der Waals surface area contributed by atoms with Crippen LogP contribution in [-0.4, -0.2) is 63.9 Å². The maximum atomic E-state index is 12.3. The van der Waals surface area contributed by atoms with Crippen LogP contribution in [0.1, 0.15) is 10.6 Å². The van der Waals surface area contributed by atoms with Crippen molar-refractivity contribution in [1.82, 2.24) is 9.21 Å². The number of nitrogens with zero attached hydrogens (tertiary/aromatic N) is 2. The lowest BCUT2D eigenvalue weighted by atomic mass is 10.4. The van der Waals surface area contributed by atoms with Gasteiger partial charge >= 0.3 is 5.97 Å². The monoisotopic (exact) mass is 288 g/mol. The van der Waals surface area contributed by atoms with Gasteiger partial charge in [-0.25, -0.2) is 13.2 Å². The number of hydrogen-bond donors (Lipinski definition) is 0. The van der Waals surface area contributed by atoms with E-state index < -0.39 is 16.0 Å². The molecule has 0 saturated carbocycles. The second-order valence-corrected chi connectivity index (χ2v) is 6.19. The Balaban J connectivity index is 2.20. The van der Waals surface area contributed by atoms with E-state index in [1.54, 1.807) is 0 Å².